The normalized spacial score (nSPS) is 16.7. The Morgan fingerprint density at radius 1 is 1.33 bits per heavy atom. The molecule has 1 unspecified atom stereocenters. The Morgan fingerprint density at radius 3 is 2.62 bits per heavy atom. The number of aliphatic hydroxyl groups excluding tert-OH is 1. The van der Waals surface area contributed by atoms with Crippen molar-refractivity contribution >= 4 is 0 Å². The molecule has 118 valence electrons. The lowest BCUT2D eigenvalue weighted by Crippen LogP contribution is -2.36. The molecular weight excluding hydrogens is 276 g/mol. The largest absolute Gasteiger partial charge is 0.389 e. The van der Waals surface area contributed by atoms with Crippen LogP contribution < -0.4 is 0 Å². The molecule has 1 saturated carbocycles. The van der Waals surface area contributed by atoms with Gasteiger partial charge in [-0.2, -0.15) is 0 Å². The molecule has 21 heavy (non-hydrogen) atoms. The molecule has 1 atom stereocenters. The van der Waals surface area contributed by atoms with Gasteiger partial charge in [0.15, 0.2) is 0 Å². The van der Waals surface area contributed by atoms with Crippen LogP contribution in [0.3, 0.4) is 0 Å². The molecule has 0 saturated heterocycles. The van der Waals surface area contributed by atoms with Crippen molar-refractivity contribution in [1.29, 1.82) is 0 Å². The molecule has 0 aliphatic heterocycles. The summed E-state index contributed by atoms with van der Waals surface area (Å²) < 4.78 is 32.1. The molecule has 0 radical (unpaired) electrons. The third-order valence-electron chi connectivity index (χ3n) is 3.52. The van der Waals surface area contributed by atoms with Crippen molar-refractivity contribution in [3.8, 4) is 0 Å². The van der Waals surface area contributed by atoms with Crippen LogP contribution in [-0.4, -0.2) is 41.4 Å². The number of hydrogen-bond donors (Lipinski definition) is 1. The second-order valence-electron chi connectivity index (χ2n) is 5.93. The first-order valence-electron chi connectivity index (χ1n) is 7.43. The maximum atomic E-state index is 13.7. The Hall–Kier alpha value is -1.04. The van der Waals surface area contributed by atoms with E-state index in [9.17, 15) is 13.9 Å². The summed E-state index contributed by atoms with van der Waals surface area (Å²) in [6, 6.07) is 4.01. The minimum Gasteiger partial charge on any atom is -0.389 e. The second-order valence-corrected chi connectivity index (χ2v) is 5.93. The van der Waals surface area contributed by atoms with Gasteiger partial charge in [-0.05, 0) is 32.8 Å². The average Bonchev–Trinajstić information content (AvgIpc) is 3.23. The fraction of sp³-hybridized carbons (Fsp3) is 0.625. The van der Waals surface area contributed by atoms with Gasteiger partial charge >= 0.3 is 0 Å². The van der Waals surface area contributed by atoms with Crippen LogP contribution in [0.2, 0.25) is 0 Å². The van der Waals surface area contributed by atoms with E-state index in [1.165, 1.54) is 12.1 Å². The second kappa shape index (κ2) is 7.29. The number of rotatable bonds is 8. The molecule has 1 fully saturated rings. The van der Waals surface area contributed by atoms with Crippen LogP contribution in [-0.2, 0) is 11.3 Å². The van der Waals surface area contributed by atoms with E-state index in [0.717, 1.165) is 18.9 Å². The highest BCUT2D eigenvalue weighted by atomic mass is 19.1. The predicted octanol–water partition coefficient (Wildman–Crippen LogP) is 2.72. The van der Waals surface area contributed by atoms with Gasteiger partial charge in [-0.25, -0.2) is 8.78 Å². The molecule has 0 spiro atoms. The fourth-order valence-electron chi connectivity index (χ4n) is 2.28. The Morgan fingerprint density at radius 2 is 2.05 bits per heavy atom. The van der Waals surface area contributed by atoms with E-state index in [1.54, 1.807) is 0 Å². The van der Waals surface area contributed by atoms with Gasteiger partial charge in [0.1, 0.15) is 11.6 Å². The molecule has 1 aromatic carbocycles. The molecule has 0 bridgehead atoms. The van der Waals surface area contributed by atoms with E-state index in [-0.39, 0.29) is 12.7 Å². The lowest BCUT2D eigenvalue weighted by molar-refractivity contribution is -0.0108. The van der Waals surface area contributed by atoms with Crippen molar-refractivity contribution in [1.82, 2.24) is 4.90 Å². The fourth-order valence-corrected chi connectivity index (χ4v) is 2.28. The van der Waals surface area contributed by atoms with E-state index in [0.29, 0.717) is 24.7 Å². The first-order chi connectivity index (χ1) is 9.95. The number of benzene rings is 1. The Balaban J connectivity index is 1.93. The highest BCUT2D eigenvalue weighted by Crippen LogP contribution is 2.29. The molecule has 1 aliphatic rings. The quantitative estimate of drug-likeness (QED) is 0.801. The monoisotopic (exact) mass is 299 g/mol. The number of nitrogens with zero attached hydrogens (tertiary/aromatic N) is 1. The zero-order valence-corrected chi connectivity index (χ0v) is 12.6. The summed E-state index contributed by atoms with van der Waals surface area (Å²) >= 11 is 0. The number of hydrogen-bond acceptors (Lipinski definition) is 3. The van der Waals surface area contributed by atoms with E-state index < -0.39 is 17.7 Å². The van der Waals surface area contributed by atoms with Crippen LogP contribution >= 0.6 is 0 Å². The summed E-state index contributed by atoms with van der Waals surface area (Å²) in [6.07, 6.45) is 1.58. The van der Waals surface area contributed by atoms with Crippen LogP contribution in [0.25, 0.3) is 0 Å². The Labute approximate surface area is 124 Å². The van der Waals surface area contributed by atoms with Crippen molar-refractivity contribution in [2.24, 2.45) is 0 Å². The molecule has 0 aromatic heterocycles. The van der Waals surface area contributed by atoms with Gasteiger partial charge in [-0.15, -0.1) is 0 Å². The molecule has 5 heteroatoms. The van der Waals surface area contributed by atoms with Crippen molar-refractivity contribution in [3.63, 3.8) is 0 Å². The van der Waals surface area contributed by atoms with Gasteiger partial charge in [-0.3, -0.25) is 4.90 Å². The maximum absolute atomic E-state index is 13.7. The average molecular weight is 299 g/mol. The molecule has 1 aliphatic carbocycles. The number of aliphatic hydroxyl groups is 1. The van der Waals surface area contributed by atoms with Crippen LogP contribution in [0.4, 0.5) is 8.78 Å². The third-order valence-corrected chi connectivity index (χ3v) is 3.52. The van der Waals surface area contributed by atoms with Gasteiger partial charge in [0, 0.05) is 30.8 Å². The summed E-state index contributed by atoms with van der Waals surface area (Å²) in [5.74, 6) is -1.10. The molecular formula is C16H23F2NO2. The van der Waals surface area contributed by atoms with Crippen molar-refractivity contribution in [3.05, 3.63) is 35.4 Å². The highest BCUT2D eigenvalue weighted by Gasteiger charge is 2.30. The van der Waals surface area contributed by atoms with Crippen LogP contribution in [0.5, 0.6) is 0 Å². The third kappa shape index (κ3) is 5.34. The molecule has 3 nitrogen and oxygen atoms in total. The van der Waals surface area contributed by atoms with Gasteiger partial charge in [0.05, 0.1) is 18.8 Å². The SMILES string of the molecule is CC(C)OCC(O)CN(Cc1ccc(F)cc1F)C1CC1. The first kappa shape index (κ1) is 16.3. The molecule has 0 heterocycles. The molecule has 0 amide bonds. The lowest BCUT2D eigenvalue weighted by Gasteiger charge is -2.25. The predicted molar refractivity (Wildman–Crippen MR) is 76.9 cm³/mol. The zero-order valence-electron chi connectivity index (χ0n) is 12.6. The van der Waals surface area contributed by atoms with Crippen molar-refractivity contribution in [2.75, 3.05) is 13.2 Å². The van der Waals surface area contributed by atoms with Crippen molar-refractivity contribution < 1.29 is 18.6 Å². The maximum Gasteiger partial charge on any atom is 0.130 e. The number of halogens is 2. The summed E-state index contributed by atoms with van der Waals surface area (Å²) in [5.41, 5.74) is 0.459. The van der Waals surface area contributed by atoms with Crippen LogP contribution in [0, 0.1) is 11.6 Å². The van der Waals surface area contributed by atoms with Gasteiger partial charge in [-0.1, -0.05) is 6.07 Å². The standard InChI is InChI=1S/C16H23F2NO2/c1-11(2)21-10-15(20)9-19(14-5-6-14)8-12-3-4-13(17)7-16(12)18/h3-4,7,11,14-15,20H,5-6,8-10H2,1-2H3. The minimum absolute atomic E-state index is 0.0727. The van der Waals surface area contributed by atoms with E-state index in [4.69, 9.17) is 4.74 Å². The molecule has 1 aromatic rings. The van der Waals surface area contributed by atoms with E-state index in [1.807, 2.05) is 18.7 Å². The van der Waals surface area contributed by atoms with Gasteiger partial charge < -0.3 is 9.84 Å². The van der Waals surface area contributed by atoms with Crippen LogP contribution in [0.1, 0.15) is 32.3 Å². The van der Waals surface area contributed by atoms with Crippen molar-refractivity contribution in [2.45, 2.75) is 51.5 Å². The summed E-state index contributed by atoms with van der Waals surface area (Å²) in [6.45, 7) is 4.93. The summed E-state index contributed by atoms with van der Waals surface area (Å²) in [5, 5.41) is 10.0. The molecule has 1 N–H and O–H groups in total. The smallest absolute Gasteiger partial charge is 0.130 e. The topological polar surface area (TPSA) is 32.7 Å². The minimum atomic E-state index is -0.600. The first-order valence-corrected chi connectivity index (χ1v) is 7.43. The summed E-state index contributed by atoms with van der Waals surface area (Å²) in [4.78, 5) is 2.05. The number of ether oxygens (including phenoxy) is 1. The Bertz CT molecular complexity index is 464. The lowest BCUT2D eigenvalue weighted by atomic mass is 10.2. The zero-order chi connectivity index (χ0) is 15.4. The Kier molecular flexibility index (Phi) is 5.67. The van der Waals surface area contributed by atoms with E-state index >= 15 is 0 Å². The highest BCUT2D eigenvalue weighted by molar-refractivity contribution is 5.18. The summed E-state index contributed by atoms with van der Waals surface area (Å²) in [7, 11) is 0. The van der Waals surface area contributed by atoms with E-state index in [2.05, 4.69) is 0 Å². The van der Waals surface area contributed by atoms with Crippen LogP contribution in [0.15, 0.2) is 18.2 Å². The van der Waals surface area contributed by atoms with Gasteiger partial charge in [0.2, 0.25) is 0 Å². The molecule has 2 rings (SSSR count). The van der Waals surface area contributed by atoms with Gasteiger partial charge in [0.25, 0.3) is 0 Å².